The summed E-state index contributed by atoms with van der Waals surface area (Å²) in [4.78, 5) is 38.3. The number of nitrogens with zero attached hydrogens (tertiary/aromatic N) is 3. The van der Waals surface area contributed by atoms with Crippen LogP contribution in [0.4, 0.5) is 11.4 Å². The van der Waals surface area contributed by atoms with Gasteiger partial charge in [-0.25, -0.2) is 8.42 Å². The van der Waals surface area contributed by atoms with Crippen LogP contribution in [0.5, 0.6) is 0 Å². The lowest BCUT2D eigenvalue weighted by atomic mass is 10.1. The molecule has 0 unspecified atom stereocenters. The van der Waals surface area contributed by atoms with E-state index in [-0.39, 0.29) is 22.8 Å². The fourth-order valence-electron chi connectivity index (χ4n) is 3.70. The Morgan fingerprint density at radius 3 is 2.29 bits per heavy atom. The highest BCUT2D eigenvalue weighted by atomic mass is 35.5. The Balaban J connectivity index is 2.05. The maximum Gasteiger partial charge on any atom is 0.271 e. The first-order valence-corrected chi connectivity index (χ1v) is 13.5. The van der Waals surface area contributed by atoms with Crippen LogP contribution in [0.3, 0.4) is 0 Å². The number of rotatable bonds is 11. The van der Waals surface area contributed by atoms with E-state index in [1.165, 1.54) is 47.4 Å². The van der Waals surface area contributed by atoms with Gasteiger partial charge in [-0.3, -0.25) is 24.0 Å². The van der Waals surface area contributed by atoms with E-state index in [2.05, 4.69) is 5.32 Å². The summed E-state index contributed by atoms with van der Waals surface area (Å²) in [6, 6.07) is 18.2. The molecule has 200 valence electrons. The molecule has 0 aliphatic carbocycles. The van der Waals surface area contributed by atoms with Gasteiger partial charge in [-0.05, 0) is 49.7 Å². The summed E-state index contributed by atoms with van der Waals surface area (Å²) < 4.78 is 28.1. The van der Waals surface area contributed by atoms with Crippen molar-refractivity contribution in [3.05, 3.63) is 99.6 Å². The fourth-order valence-corrected chi connectivity index (χ4v) is 5.25. The number of amides is 2. The molecular weight excluding hydrogens is 532 g/mol. The molecule has 0 aromatic heterocycles. The van der Waals surface area contributed by atoms with Crippen LogP contribution in [0.1, 0.15) is 19.4 Å². The Hall–Kier alpha value is -3.96. The molecule has 1 atom stereocenters. The Morgan fingerprint density at radius 2 is 1.68 bits per heavy atom. The predicted molar refractivity (Wildman–Crippen MR) is 144 cm³/mol. The van der Waals surface area contributed by atoms with E-state index in [9.17, 15) is 28.1 Å². The van der Waals surface area contributed by atoms with Gasteiger partial charge < -0.3 is 10.2 Å². The number of anilines is 1. The number of carbonyl (C=O) groups is 2. The molecule has 3 aromatic rings. The number of nitro groups is 1. The minimum Gasteiger partial charge on any atom is -0.355 e. The van der Waals surface area contributed by atoms with Crippen molar-refractivity contribution in [3.8, 4) is 0 Å². The van der Waals surface area contributed by atoms with Gasteiger partial charge in [0.1, 0.15) is 12.6 Å². The molecule has 0 bridgehead atoms. The SMILES string of the molecule is CCNC(=O)[C@@H](C)N(Cc1ccc(Cl)cc1)C(=O)CN(c1cccc([N+](=O)[O-])c1)S(=O)(=O)c1ccccc1. The van der Waals surface area contributed by atoms with Crippen LogP contribution in [0, 0.1) is 10.1 Å². The lowest BCUT2D eigenvalue weighted by Crippen LogP contribution is -2.51. The molecule has 0 saturated carbocycles. The van der Waals surface area contributed by atoms with Crippen LogP contribution in [0.25, 0.3) is 0 Å². The molecule has 10 nitrogen and oxygen atoms in total. The van der Waals surface area contributed by atoms with Crippen LogP contribution in [0.2, 0.25) is 5.02 Å². The fraction of sp³-hybridized carbons (Fsp3) is 0.231. The molecule has 0 saturated heterocycles. The molecule has 2 amide bonds. The van der Waals surface area contributed by atoms with Gasteiger partial charge in [0.15, 0.2) is 0 Å². The van der Waals surface area contributed by atoms with Crippen molar-refractivity contribution in [1.82, 2.24) is 10.2 Å². The third-order valence-corrected chi connectivity index (χ3v) is 7.76. The zero-order valence-electron chi connectivity index (χ0n) is 20.8. The number of nitro benzene ring substituents is 1. The second-order valence-electron chi connectivity index (χ2n) is 8.32. The van der Waals surface area contributed by atoms with Gasteiger partial charge in [-0.1, -0.05) is 48.0 Å². The van der Waals surface area contributed by atoms with E-state index in [4.69, 9.17) is 11.6 Å². The summed E-state index contributed by atoms with van der Waals surface area (Å²) in [5, 5.41) is 14.6. The highest BCUT2D eigenvalue weighted by molar-refractivity contribution is 7.92. The highest BCUT2D eigenvalue weighted by Gasteiger charge is 2.33. The maximum atomic E-state index is 13.7. The third-order valence-electron chi connectivity index (χ3n) is 5.72. The van der Waals surface area contributed by atoms with Crippen molar-refractivity contribution in [2.45, 2.75) is 31.3 Å². The van der Waals surface area contributed by atoms with E-state index in [1.54, 1.807) is 44.2 Å². The largest absolute Gasteiger partial charge is 0.355 e. The Kier molecular flexibility index (Phi) is 9.43. The number of benzene rings is 3. The lowest BCUT2D eigenvalue weighted by Gasteiger charge is -2.32. The van der Waals surface area contributed by atoms with Crippen LogP contribution >= 0.6 is 11.6 Å². The van der Waals surface area contributed by atoms with E-state index in [1.807, 2.05) is 0 Å². The van der Waals surface area contributed by atoms with Crippen molar-refractivity contribution in [2.75, 3.05) is 17.4 Å². The number of sulfonamides is 1. The minimum absolute atomic E-state index is 0.00245. The normalized spacial score (nSPS) is 11.9. The summed E-state index contributed by atoms with van der Waals surface area (Å²) in [6.07, 6.45) is 0. The van der Waals surface area contributed by atoms with Crippen LogP contribution in [-0.4, -0.2) is 49.2 Å². The maximum absolute atomic E-state index is 13.7. The van der Waals surface area contributed by atoms with E-state index in [0.717, 1.165) is 10.4 Å². The molecule has 1 N–H and O–H groups in total. The second kappa shape index (κ2) is 12.5. The lowest BCUT2D eigenvalue weighted by molar-refractivity contribution is -0.384. The number of likely N-dealkylation sites (N-methyl/N-ethyl adjacent to an activating group) is 1. The Labute approximate surface area is 226 Å². The van der Waals surface area contributed by atoms with Crippen LogP contribution in [0.15, 0.2) is 83.8 Å². The van der Waals surface area contributed by atoms with Gasteiger partial charge in [0.2, 0.25) is 11.8 Å². The first-order valence-electron chi connectivity index (χ1n) is 11.7. The Bertz CT molecular complexity index is 1400. The smallest absolute Gasteiger partial charge is 0.271 e. The molecule has 0 aliphatic rings. The van der Waals surface area contributed by atoms with Crippen molar-refractivity contribution >= 4 is 44.8 Å². The van der Waals surface area contributed by atoms with Crippen molar-refractivity contribution in [1.29, 1.82) is 0 Å². The van der Waals surface area contributed by atoms with Crippen LogP contribution < -0.4 is 9.62 Å². The zero-order valence-corrected chi connectivity index (χ0v) is 22.4. The number of non-ortho nitro benzene ring substituents is 1. The quantitative estimate of drug-likeness (QED) is 0.280. The predicted octanol–water partition coefficient (Wildman–Crippen LogP) is 4.00. The van der Waals surface area contributed by atoms with Gasteiger partial charge in [-0.15, -0.1) is 0 Å². The summed E-state index contributed by atoms with van der Waals surface area (Å²) in [5.74, 6) is -1.09. The number of nitrogens with one attached hydrogen (secondary N) is 1. The van der Waals surface area contributed by atoms with Gasteiger partial charge in [0, 0.05) is 30.2 Å². The third kappa shape index (κ3) is 6.87. The van der Waals surface area contributed by atoms with Crippen molar-refractivity contribution < 1.29 is 22.9 Å². The molecule has 3 aromatic carbocycles. The standard InChI is InChI=1S/C26H27ClN4O6S/c1-3-28-26(33)19(2)29(17-20-12-14-21(27)15-13-20)25(32)18-30(22-8-7-9-23(16-22)31(34)35)38(36,37)24-10-5-4-6-11-24/h4-16,19H,3,17-18H2,1-2H3,(H,28,33)/t19-/m1/s1. The van der Waals surface area contributed by atoms with E-state index in [0.29, 0.717) is 17.1 Å². The molecule has 0 spiro atoms. The summed E-state index contributed by atoms with van der Waals surface area (Å²) >= 11 is 5.98. The number of hydrogen-bond donors (Lipinski definition) is 1. The average Bonchev–Trinajstić information content (AvgIpc) is 2.91. The summed E-state index contributed by atoms with van der Waals surface area (Å²) in [7, 11) is -4.31. The summed E-state index contributed by atoms with van der Waals surface area (Å²) in [5.41, 5.74) is 0.275. The number of hydrogen-bond acceptors (Lipinski definition) is 6. The molecule has 0 aliphatic heterocycles. The highest BCUT2D eigenvalue weighted by Crippen LogP contribution is 2.27. The molecule has 0 radical (unpaired) electrons. The zero-order chi connectivity index (χ0) is 27.9. The first kappa shape index (κ1) is 28.6. The topological polar surface area (TPSA) is 130 Å². The van der Waals surface area contributed by atoms with Gasteiger partial charge in [0.25, 0.3) is 15.7 Å². The van der Waals surface area contributed by atoms with Crippen molar-refractivity contribution in [3.63, 3.8) is 0 Å². The molecule has 0 fully saturated rings. The molecule has 0 heterocycles. The number of carbonyl (C=O) groups excluding carboxylic acids is 2. The molecular formula is C26H27ClN4O6S. The summed E-state index contributed by atoms with van der Waals surface area (Å²) in [6.45, 7) is 2.93. The molecule has 12 heteroatoms. The van der Waals surface area contributed by atoms with Crippen molar-refractivity contribution in [2.24, 2.45) is 0 Å². The molecule has 38 heavy (non-hydrogen) atoms. The first-order chi connectivity index (χ1) is 18.0. The van der Waals surface area contributed by atoms with E-state index >= 15 is 0 Å². The van der Waals surface area contributed by atoms with Gasteiger partial charge in [-0.2, -0.15) is 0 Å². The average molecular weight is 559 g/mol. The minimum atomic E-state index is -4.31. The number of halogens is 1. The van der Waals surface area contributed by atoms with E-state index < -0.39 is 39.3 Å². The Morgan fingerprint density at radius 1 is 1.03 bits per heavy atom. The monoisotopic (exact) mass is 558 g/mol. The molecule has 3 rings (SSSR count). The van der Waals surface area contributed by atoms with Gasteiger partial charge >= 0.3 is 0 Å². The van der Waals surface area contributed by atoms with Crippen LogP contribution in [-0.2, 0) is 26.2 Å². The van der Waals surface area contributed by atoms with Gasteiger partial charge in [0.05, 0.1) is 15.5 Å². The second-order valence-corrected chi connectivity index (χ2v) is 10.6.